The van der Waals surface area contributed by atoms with E-state index in [2.05, 4.69) is 9.97 Å². The average Bonchev–Trinajstić information content (AvgIpc) is 2.29. The summed E-state index contributed by atoms with van der Waals surface area (Å²) in [4.78, 5) is 8.44. The molecule has 0 bridgehead atoms. The van der Waals surface area contributed by atoms with Gasteiger partial charge in [-0.3, -0.25) is 9.97 Å². The number of nitrogens with zero attached hydrogens (tertiary/aromatic N) is 2. The molecule has 2 aromatic rings. The molecule has 0 saturated heterocycles. The van der Waals surface area contributed by atoms with Gasteiger partial charge in [-0.25, -0.2) is 0 Å². The van der Waals surface area contributed by atoms with E-state index in [-0.39, 0.29) is 6.04 Å². The fourth-order valence-corrected chi connectivity index (χ4v) is 1.47. The van der Waals surface area contributed by atoms with Crippen LogP contribution in [-0.4, -0.2) is 9.97 Å². The molecule has 0 aliphatic heterocycles. The quantitative estimate of drug-likeness (QED) is 0.802. The summed E-state index contributed by atoms with van der Waals surface area (Å²) in [7, 11) is 0. The smallest absolute Gasteiger partial charge is 0.0741 e. The van der Waals surface area contributed by atoms with Gasteiger partial charge in [-0.2, -0.15) is 0 Å². The summed E-state index contributed by atoms with van der Waals surface area (Å²) >= 11 is 0. The number of pyridine rings is 2. The molecule has 76 valence electrons. The molecule has 2 rings (SSSR count). The van der Waals surface area contributed by atoms with E-state index >= 15 is 0 Å². The molecule has 0 amide bonds. The maximum absolute atomic E-state index is 6.08. The van der Waals surface area contributed by atoms with E-state index < -0.39 is 0 Å². The number of rotatable bonds is 2. The lowest BCUT2D eigenvalue weighted by Gasteiger charge is -2.11. The molecule has 1 unspecified atom stereocenters. The van der Waals surface area contributed by atoms with Gasteiger partial charge in [0.1, 0.15) is 0 Å². The predicted octanol–water partition coefficient (Wildman–Crippen LogP) is 1.83. The Bertz CT molecular complexity index is 440. The van der Waals surface area contributed by atoms with Crippen molar-refractivity contribution < 1.29 is 0 Å². The van der Waals surface area contributed by atoms with Gasteiger partial charge in [-0.05, 0) is 30.7 Å². The summed E-state index contributed by atoms with van der Waals surface area (Å²) in [6.45, 7) is 1.96. The van der Waals surface area contributed by atoms with E-state index in [9.17, 15) is 0 Å². The van der Waals surface area contributed by atoms with Crippen molar-refractivity contribution >= 4 is 0 Å². The Hall–Kier alpha value is -1.74. The molecule has 0 fully saturated rings. The van der Waals surface area contributed by atoms with Crippen molar-refractivity contribution in [3.8, 4) is 0 Å². The van der Waals surface area contributed by atoms with Crippen molar-refractivity contribution in [2.24, 2.45) is 5.73 Å². The Kier molecular flexibility index (Phi) is 2.74. The van der Waals surface area contributed by atoms with E-state index in [1.807, 2.05) is 37.3 Å². The Morgan fingerprint density at radius 1 is 1.20 bits per heavy atom. The highest BCUT2D eigenvalue weighted by atomic mass is 14.8. The van der Waals surface area contributed by atoms with E-state index in [4.69, 9.17) is 5.73 Å². The lowest BCUT2D eigenvalue weighted by Crippen LogP contribution is -2.13. The molecule has 2 N–H and O–H groups in total. The van der Waals surface area contributed by atoms with Crippen LogP contribution in [0.25, 0.3) is 0 Å². The minimum atomic E-state index is -0.196. The number of aryl methyl sites for hydroxylation is 1. The number of hydrogen-bond acceptors (Lipinski definition) is 3. The molecule has 0 aromatic carbocycles. The maximum atomic E-state index is 6.08. The van der Waals surface area contributed by atoms with Crippen LogP contribution in [0.15, 0.2) is 42.7 Å². The van der Waals surface area contributed by atoms with Crippen molar-refractivity contribution in [3.05, 3.63) is 59.7 Å². The average molecular weight is 199 g/mol. The molecule has 1 atom stereocenters. The van der Waals surface area contributed by atoms with Crippen LogP contribution in [-0.2, 0) is 0 Å². The minimum Gasteiger partial charge on any atom is -0.319 e. The Labute approximate surface area is 89.0 Å². The fraction of sp³-hybridized carbons (Fsp3) is 0.167. The van der Waals surface area contributed by atoms with E-state index in [0.29, 0.717) is 0 Å². The molecule has 2 heterocycles. The van der Waals surface area contributed by atoms with Crippen molar-refractivity contribution in [1.82, 2.24) is 9.97 Å². The normalized spacial score (nSPS) is 12.4. The lowest BCUT2D eigenvalue weighted by atomic mass is 10.1. The van der Waals surface area contributed by atoms with Crippen molar-refractivity contribution in [1.29, 1.82) is 0 Å². The van der Waals surface area contributed by atoms with Crippen LogP contribution in [0.2, 0.25) is 0 Å². The molecule has 3 heteroatoms. The standard InChI is InChI=1S/C12H13N3/c1-9-4-2-6-11(15-9)12(13)10-5-3-7-14-8-10/h2-8,12H,13H2,1H3. The summed E-state index contributed by atoms with van der Waals surface area (Å²) in [5.41, 5.74) is 8.92. The zero-order chi connectivity index (χ0) is 10.7. The van der Waals surface area contributed by atoms with Crippen LogP contribution in [0.3, 0.4) is 0 Å². The zero-order valence-corrected chi connectivity index (χ0v) is 8.59. The summed E-state index contributed by atoms with van der Waals surface area (Å²) in [5, 5.41) is 0. The second-order valence-electron chi connectivity index (χ2n) is 3.47. The third-order valence-electron chi connectivity index (χ3n) is 2.27. The van der Waals surface area contributed by atoms with Gasteiger partial charge in [0.05, 0.1) is 11.7 Å². The highest BCUT2D eigenvalue weighted by Crippen LogP contribution is 2.16. The molecule has 0 radical (unpaired) electrons. The van der Waals surface area contributed by atoms with E-state index in [1.165, 1.54) is 0 Å². The largest absolute Gasteiger partial charge is 0.319 e. The van der Waals surface area contributed by atoms with Crippen LogP contribution in [0.5, 0.6) is 0 Å². The Morgan fingerprint density at radius 3 is 2.73 bits per heavy atom. The third kappa shape index (κ3) is 2.19. The van der Waals surface area contributed by atoms with Crippen LogP contribution in [0.4, 0.5) is 0 Å². The van der Waals surface area contributed by atoms with Gasteiger partial charge in [0.25, 0.3) is 0 Å². The topological polar surface area (TPSA) is 51.8 Å². The molecular weight excluding hydrogens is 186 g/mol. The van der Waals surface area contributed by atoms with E-state index in [0.717, 1.165) is 17.0 Å². The Balaban J connectivity index is 2.32. The van der Waals surface area contributed by atoms with Gasteiger partial charge >= 0.3 is 0 Å². The van der Waals surface area contributed by atoms with Crippen LogP contribution in [0, 0.1) is 6.92 Å². The first-order chi connectivity index (χ1) is 7.27. The highest BCUT2D eigenvalue weighted by Gasteiger charge is 2.09. The number of aromatic nitrogens is 2. The molecule has 15 heavy (non-hydrogen) atoms. The molecule has 0 aliphatic carbocycles. The number of nitrogens with two attached hydrogens (primary N) is 1. The van der Waals surface area contributed by atoms with Crippen LogP contribution >= 0.6 is 0 Å². The zero-order valence-electron chi connectivity index (χ0n) is 8.59. The molecule has 0 aliphatic rings. The first-order valence-electron chi connectivity index (χ1n) is 4.86. The Morgan fingerprint density at radius 2 is 2.07 bits per heavy atom. The van der Waals surface area contributed by atoms with Crippen molar-refractivity contribution in [2.45, 2.75) is 13.0 Å². The van der Waals surface area contributed by atoms with E-state index in [1.54, 1.807) is 12.4 Å². The first kappa shape index (κ1) is 9.80. The molecular formula is C12H13N3. The van der Waals surface area contributed by atoms with Crippen LogP contribution < -0.4 is 5.73 Å². The second kappa shape index (κ2) is 4.19. The highest BCUT2D eigenvalue weighted by molar-refractivity contribution is 5.25. The molecule has 0 spiro atoms. The van der Waals surface area contributed by atoms with Gasteiger partial charge in [0.2, 0.25) is 0 Å². The summed E-state index contributed by atoms with van der Waals surface area (Å²) in [6, 6.07) is 9.50. The minimum absolute atomic E-state index is 0.196. The molecule has 2 aromatic heterocycles. The van der Waals surface area contributed by atoms with Gasteiger partial charge in [-0.15, -0.1) is 0 Å². The van der Waals surface area contributed by atoms with Crippen molar-refractivity contribution in [2.75, 3.05) is 0 Å². The summed E-state index contributed by atoms with van der Waals surface area (Å²) in [5.74, 6) is 0. The maximum Gasteiger partial charge on any atom is 0.0741 e. The van der Waals surface area contributed by atoms with Gasteiger partial charge in [0, 0.05) is 18.1 Å². The summed E-state index contributed by atoms with van der Waals surface area (Å²) in [6.07, 6.45) is 3.51. The predicted molar refractivity (Wildman–Crippen MR) is 59.2 cm³/mol. The summed E-state index contributed by atoms with van der Waals surface area (Å²) < 4.78 is 0. The molecule has 3 nitrogen and oxygen atoms in total. The number of hydrogen-bond donors (Lipinski definition) is 1. The van der Waals surface area contributed by atoms with Crippen LogP contribution in [0.1, 0.15) is 23.0 Å². The third-order valence-corrected chi connectivity index (χ3v) is 2.27. The first-order valence-corrected chi connectivity index (χ1v) is 4.86. The van der Waals surface area contributed by atoms with Crippen molar-refractivity contribution in [3.63, 3.8) is 0 Å². The van der Waals surface area contributed by atoms with Gasteiger partial charge in [-0.1, -0.05) is 12.1 Å². The lowest BCUT2D eigenvalue weighted by molar-refractivity contribution is 0.816. The monoisotopic (exact) mass is 199 g/mol. The molecule has 0 saturated carbocycles. The SMILES string of the molecule is Cc1cccc(C(N)c2cccnc2)n1. The van der Waals surface area contributed by atoms with Gasteiger partial charge < -0.3 is 5.73 Å². The second-order valence-corrected chi connectivity index (χ2v) is 3.47. The fourth-order valence-electron chi connectivity index (χ4n) is 1.47. The van der Waals surface area contributed by atoms with Gasteiger partial charge in [0.15, 0.2) is 0 Å².